The first kappa shape index (κ1) is 22.7. The zero-order valence-electron chi connectivity index (χ0n) is 16.6. The lowest BCUT2D eigenvalue weighted by Crippen LogP contribution is -2.45. The highest BCUT2D eigenvalue weighted by molar-refractivity contribution is 7.91. The summed E-state index contributed by atoms with van der Waals surface area (Å²) in [4.78, 5) is 26.9. The standard InChI is InChI=1S/C21H22Cl2N2O4S/c1-12(2)7-19(26)14-4-6-20-18(9-14)25(21(27)17(24)11-30(20,28)29)10-13-3-5-15(22)16(23)8-13/h3-6,8-9,12,17H,7,10-11,24H2,1-2H3/t17-/m0/s1. The Labute approximate surface area is 185 Å². The lowest BCUT2D eigenvalue weighted by atomic mass is 10.0. The summed E-state index contributed by atoms with van der Waals surface area (Å²) in [5, 5.41) is 0.679. The Bertz CT molecular complexity index is 1120. The summed E-state index contributed by atoms with van der Waals surface area (Å²) < 4.78 is 25.6. The number of carbonyl (C=O) groups is 2. The van der Waals surface area contributed by atoms with E-state index in [9.17, 15) is 18.0 Å². The third kappa shape index (κ3) is 4.70. The average Bonchev–Trinajstić information content (AvgIpc) is 2.72. The number of anilines is 1. The van der Waals surface area contributed by atoms with Crippen LogP contribution in [-0.2, 0) is 21.2 Å². The van der Waals surface area contributed by atoms with Crippen molar-refractivity contribution in [2.75, 3.05) is 10.7 Å². The number of hydrogen-bond donors (Lipinski definition) is 1. The van der Waals surface area contributed by atoms with Crippen molar-refractivity contribution in [2.45, 2.75) is 37.8 Å². The molecule has 2 aromatic carbocycles. The molecule has 0 fully saturated rings. The molecular formula is C21H22Cl2N2O4S. The Morgan fingerprint density at radius 3 is 2.50 bits per heavy atom. The molecular weight excluding hydrogens is 447 g/mol. The molecule has 1 aliphatic rings. The van der Waals surface area contributed by atoms with Crippen LogP contribution in [0.4, 0.5) is 5.69 Å². The van der Waals surface area contributed by atoms with E-state index in [1.165, 1.54) is 23.1 Å². The van der Waals surface area contributed by atoms with Crippen LogP contribution in [0.2, 0.25) is 10.0 Å². The molecule has 1 amide bonds. The maximum atomic E-state index is 13.0. The number of fused-ring (bicyclic) bond motifs is 1. The van der Waals surface area contributed by atoms with E-state index >= 15 is 0 Å². The molecule has 30 heavy (non-hydrogen) atoms. The lowest BCUT2D eigenvalue weighted by molar-refractivity contribution is -0.119. The van der Waals surface area contributed by atoms with Crippen LogP contribution >= 0.6 is 23.2 Å². The van der Waals surface area contributed by atoms with Gasteiger partial charge in [0, 0.05) is 12.0 Å². The molecule has 0 bridgehead atoms. The minimum atomic E-state index is -3.81. The third-order valence-corrected chi connectivity index (χ3v) is 7.36. The van der Waals surface area contributed by atoms with Crippen LogP contribution in [-0.4, -0.2) is 31.9 Å². The molecule has 0 saturated heterocycles. The first-order valence-electron chi connectivity index (χ1n) is 9.40. The summed E-state index contributed by atoms with van der Waals surface area (Å²) in [6.45, 7) is 3.88. The third-order valence-electron chi connectivity index (χ3n) is 4.81. The summed E-state index contributed by atoms with van der Waals surface area (Å²) >= 11 is 12.1. The van der Waals surface area contributed by atoms with Gasteiger partial charge in [0.25, 0.3) is 0 Å². The van der Waals surface area contributed by atoms with E-state index in [4.69, 9.17) is 28.9 Å². The van der Waals surface area contributed by atoms with Gasteiger partial charge in [-0.2, -0.15) is 0 Å². The summed E-state index contributed by atoms with van der Waals surface area (Å²) in [6.07, 6.45) is 0.311. The van der Waals surface area contributed by atoms with Crippen molar-refractivity contribution >= 4 is 50.4 Å². The van der Waals surface area contributed by atoms with Crippen molar-refractivity contribution in [2.24, 2.45) is 11.7 Å². The second-order valence-corrected chi connectivity index (χ2v) is 10.6. The van der Waals surface area contributed by atoms with Crippen LogP contribution in [0.15, 0.2) is 41.3 Å². The van der Waals surface area contributed by atoms with Crippen molar-refractivity contribution in [3.63, 3.8) is 0 Å². The quantitative estimate of drug-likeness (QED) is 0.671. The molecule has 6 nitrogen and oxygen atoms in total. The maximum Gasteiger partial charge on any atom is 0.245 e. The van der Waals surface area contributed by atoms with Gasteiger partial charge in [-0.3, -0.25) is 9.59 Å². The van der Waals surface area contributed by atoms with Gasteiger partial charge in [0.1, 0.15) is 0 Å². The van der Waals surface area contributed by atoms with E-state index in [-0.39, 0.29) is 28.8 Å². The molecule has 0 spiro atoms. The number of rotatable bonds is 5. The molecule has 2 aromatic rings. The highest BCUT2D eigenvalue weighted by Crippen LogP contribution is 2.33. The predicted molar refractivity (Wildman–Crippen MR) is 118 cm³/mol. The average molecular weight is 469 g/mol. The molecule has 0 aromatic heterocycles. The molecule has 0 saturated carbocycles. The monoisotopic (exact) mass is 468 g/mol. The van der Waals surface area contributed by atoms with E-state index in [0.29, 0.717) is 27.6 Å². The van der Waals surface area contributed by atoms with Gasteiger partial charge in [0.2, 0.25) is 5.91 Å². The lowest BCUT2D eigenvalue weighted by Gasteiger charge is -2.25. The van der Waals surface area contributed by atoms with Crippen LogP contribution in [0.5, 0.6) is 0 Å². The summed E-state index contributed by atoms with van der Waals surface area (Å²) in [5.41, 5.74) is 7.05. The first-order valence-corrected chi connectivity index (χ1v) is 11.8. The fourth-order valence-corrected chi connectivity index (χ4v) is 5.23. The normalized spacial score (nSPS) is 18.3. The van der Waals surface area contributed by atoms with E-state index in [2.05, 4.69) is 0 Å². The second kappa shape index (κ2) is 8.67. The van der Waals surface area contributed by atoms with Crippen molar-refractivity contribution in [3.05, 3.63) is 57.6 Å². The van der Waals surface area contributed by atoms with Crippen LogP contribution in [0, 0.1) is 5.92 Å². The molecule has 1 heterocycles. The van der Waals surface area contributed by atoms with E-state index in [1.807, 2.05) is 13.8 Å². The van der Waals surface area contributed by atoms with Crippen molar-refractivity contribution in [1.82, 2.24) is 0 Å². The summed E-state index contributed by atoms with van der Waals surface area (Å²) in [5.74, 6) is -1.03. The predicted octanol–water partition coefficient (Wildman–Crippen LogP) is 3.87. The molecule has 0 unspecified atom stereocenters. The van der Waals surface area contributed by atoms with Gasteiger partial charge in [-0.1, -0.05) is 43.1 Å². The number of nitrogens with two attached hydrogens (primary N) is 1. The number of amides is 1. The van der Waals surface area contributed by atoms with Crippen LogP contribution in [0.3, 0.4) is 0 Å². The van der Waals surface area contributed by atoms with Crippen LogP contribution in [0.1, 0.15) is 36.2 Å². The van der Waals surface area contributed by atoms with Crippen molar-refractivity contribution < 1.29 is 18.0 Å². The fraction of sp³-hybridized carbons (Fsp3) is 0.333. The fourth-order valence-electron chi connectivity index (χ4n) is 3.35. The number of Topliss-reactive ketones (excluding diaryl/α,β-unsaturated/α-hetero) is 1. The van der Waals surface area contributed by atoms with Gasteiger partial charge >= 0.3 is 0 Å². The van der Waals surface area contributed by atoms with E-state index in [1.54, 1.807) is 18.2 Å². The van der Waals surface area contributed by atoms with Crippen molar-refractivity contribution in [1.29, 1.82) is 0 Å². The number of hydrogen-bond acceptors (Lipinski definition) is 5. The first-order chi connectivity index (χ1) is 14.0. The number of carbonyl (C=O) groups excluding carboxylic acids is 2. The van der Waals surface area contributed by atoms with Gasteiger partial charge in [-0.25, -0.2) is 8.42 Å². The summed E-state index contributed by atoms with van der Waals surface area (Å²) in [7, 11) is -3.81. The second-order valence-electron chi connectivity index (χ2n) is 7.76. The Hall–Kier alpha value is -1.93. The largest absolute Gasteiger partial charge is 0.319 e. The topological polar surface area (TPSA) is 97.5 Å². The van der Waals surface area contributed by atoms with Gasteiger partial charge < -0.3 is 10.6 Å². The van der Waals surface area contributed by atoms with Crippen LogP contribution in [0.25, 0.3) is 0 Å². The molecule has 9 heteroatoms. The number of ketones is 1. The number of halogens is 2. The van der Waals surface area contributed by atoms with Gasteiger partial charge in [0.05, 0.1) is 39.0 Å². The van der Waals surface area contributed by atoms with E-state index in [0.717, 1.165) is 0 Å². The highest BCUT2D eigenvalue weighted by atomic mass is 35.5. The van der Waals surface area contributed by atoms with Gasteiger partial charge in [-0.05, 0) is 41.8 Å². The smallest absolute Gasteiger partial charge is 0.245 e. The highest BCUT2D eigenvalue weighted by Gasteiger charge is 2.36. The molecule has 1 atom stereocenters. The van der Waals surface area contributed by atoms with Crippen molar-refractivity contribution in [3.8, 4) is 0 Å². The van der Waals surface area contributed by atoms with E-state index < -0.39 is 27.5 Å². The zero-order chi connectivity index (χ0) is 22.2. The van der Waals surface area contributed by atoms with Gasteiger partial charge in [0.15, 0.2) is 15.6 Å². The SMILES string of the molecule is CC(C)CC(=O)c1ccc2c(c1)N(Cc1ccc(Cl)c(Cl)c1)C(=O)[C@@H](N)CS2(=O)=O. The summed E-state index contributed by atoms with van der Waals surface area (Å²) in [6, 6.07) is 8.01. The van der Waals surface area contributed by atoms with Gasteiger partial charge in [-0.15, -0.1) is 0 Å². The molecule has 1 aliphatic heterocycles. The Kier molecular flexibility index (Phi) is 6.57. The Morgan fingerprint density at radius 2 is 1.87 bits per heavy atom. The molecule has 0 aliphatic carbocycles. The minimum absolute atomic E-state index is 0.0232. The number of nitrogens with zero attached hydrogens (tertiary/aromatic N) is 1. The number of sulfone groups is 1. The molecule has 0 radical (unpaired) electrons. The Balaban J connectivity index is 2.13. The minimum Gasteiger partial charge on any atom is -0.319 e. The zero-order valence-corrected chi connectivity index (χ0v) is 18.9. The number of benzene rings is 2. The maximum absolute atomic E-state index is 13.0. The molecule has 160 valence electrons. The Morgan fingerprint density at radius 1 is 1.17 bits per heavy atom. The molecule has 3 rings (SSSR count). The van der Waals surface area contributed by atoms with Crippen LogP contribution < -0.4 is 10.6 Å². The molecule has 2 N–H and O–H groups in total.